The molecule has 4 aromatic carbocycles. The maximum Gasteiger partial charge on any atom is 0.246 e. The van der Waals surface area contributed by atoms with Crippen LogP contribution in [0.4, 0.5) is 0 Å². The van der Waals surface area contributed by atoms with Crippen LogP contribution in [0.1, 0.15) is 173 Å². The second kappa shape index (κ2) is 53.0. The molecule has 33 N–H and O–H groups in total. The fraction of sp³-hybridized carbons (Fsp3) is 0.510. The monoisotopic (exact) mass is 1880 g/mol. The Kier molecular flexibility index (Phi) is 41.4. The van der Waals surface area contributed by atoms with Crippen molar-refractivity contribution in [1.82, 2.24) is 94.0 Å². The molecule has 8 aromatic rings. The number of amides is 13. The van der Waals surface area contributed by atoms with E-state index in [1.54, 1.807) is 44.7 Å². The first kappa shape index (κ1) is 106. The van der Waals surface area contributed by atoms with E-state index in [1.807, 2.05) is 119 Å². The Hall–Kier alpha value is -13.5. The van der Waals surface area contributed by atoms with Crippen LogP contribution in [0, 0.1) is 28.6 Å². The van der Waals surface area contributed by atoms with Crippen molar-refractivity contribution in [2.24, 2.45) is 57.9 Å². The summed E-state index contributed by atoms with van der Waals surface area (Å²) in [5, 5.41) is 55.2. The lowest BCUT2D eigenvalue weighted by Gasteiger charge is -2.31. The molecule has 1 fully saturated rings. The number of carbonyl (C=O) groups excluding carboxylic acids is 13. The number of hydrogen-bond donors (Lipinski definition) is 26. The molecule has 4 aromatic heterocycles. The third-order valence-electron chi connectivity index (χ3n) is 24.9. The molecule has 14 atom stereocenters. The minimum Gasteiger partial charge on any atom is -0.370 e. The number of likely N-dealkylation sites (tertiary alicyclic amines) is 1. The van der Waals surface area contributed by atoms with E-state index < -0.39 is 161 Å². The van der Waals surface area contributed by atoms with Gasteiger partial charge in [-0.25, -0.2) is 0 Å². The Labute approximate surface area is 791 Å². The molecule has 136 heavy (non-hydrogen) atoms. The molecule has 0 bridgehead atoms. The highest BCUT2D eigenvalue weighted by Crippen LogP contribution is 2.28. The van der Waals surface area contributed by atoms with Gasteiger partial charge in [0.15, 0.2) is 11.9 Å². The van der Waals surface area contributed by atoms with Crippen LogP contribution in [0.2, 0.25) is 0 Å². The van der Waals surface area contributed by atoms with Gasteiger partial charge in [-0.05, 0) is 187 Å². The van der Waals surface area contributed by atoms with Gasteiger partial charge in [-0.2, -0.15) is 0 Å². The van der Waals surface area contributed by atoms with Gasteiger partial charge in [0.25, 0.3) is 0 Å². The maximum absolute atomic E-state index is 16.1. The number of primary amides is 1. The van der Waals surface area contributed by atoms with Gasteiger partial charge in [0.2, 0.25) is 76.8 Å². The molecular weight excluding hydrogens is 1740 g/mol. The maximum atomic E-state index is 16.1. The standard InChI is InChI=1S/C96H141N27O13/c1-7-56(6)80(100)92(134)119-74(45-54(2)3)87(129)115-70(34-17-20-40-98)84(126)113-71(35-18-21-41-99)86(128)117-77(48-59-52-110-67-31-14-10-27-63(59)67)90(132)122-81(55(4)5)93(135)120-76(47-58-51-109-66-30-13-9-26-62(58)66)89(131)121-78(49-60-53-111-68-32-15-11-28-64(60)68)94(136)123-44-24-38-79(123)91(133)118-75(46-57-50-108-65-29-12-8-25-61(57)65)88(130)116-73(37-23-43-107-96(104)105)85(127)114-72(36-22-42-106-95(102)103)83(125)112-69(82(101)124)33-16-19-39-97/h8-15,25-32,50-56,69-81,108-111H,7,16-24,33-49,97-100H2,1-6H3,(H2,101,124)(H,112,125)(H,113,126)(H,114,127)(H,115,129)(H,116,130)(H,117,128)(H,118,133)(H,119,134)(H,120,135)(H,121,131)(H,122,132)(H4,102,103,106)(H4,104,105,107)/t56-,69-,70-,71-,72-,73-,74-,75-,76-,77-,78-,79-,80-,81-/m0/s1. The van der Waals surface area contributed by atoms with E-state index >= 15 is 33.6 Å². The van der Waals surface area contributed by atoms with Gasteiger partial charge in [-0.3, -0.25) is 73.1 Å². The van der Waals surface area contributed by atoms with E-state index in [1.165, 1.54) is 4.90 Å². The van der Waals surface area contributed by atoms with Crippen molar-refractivity contribution < 1.29 is 62.3 Å². The number of unbranched alkanes of at least 4 members (excludes halogenated alkanes) is 3. The van der Waals surface area contributed by atoms with Crippen LogP contribution in [-0.2, 0) is 88.0 Å². The number of nitrogens with one attached hydrogen (secondary N) is 19. The van der Waals surface area contributed by atoms with Crippen LogP contribution < -0.4 is 109 Å². The number of guanidine groups is 2. The average Bonchev–Trinajstić information content (AvgIpc) is 1.66. The van der Waals surface area contributed by atoms with Crippen LogP contribution in [0.15, 0.2) is 122 Å². The van der Waals surface area contributed by atoms with Crippen molar-refractivity contribution in [2.45, 2.75) is 255 Å². The lowest BCUT2D eigenvalue weighted by Crippen LogP contribution is -2.62. The number of nitrogens with two attached hydrogens (primary N) is 7. The third-order valence-corrected chi connectivity index (χ3v) is 24.9. The molecular formula is C96H141N27O13. The number of benzene rings is 4. The number of aromatic amines is 4. The number of para-hydroxylation sites is 4. The van der Waals surface area contributed by atoms with Crippen molar-refractivity contribution in [3.8, 4) is 0 Å². The molecule has 0 unspecified atom stereocenters. The fourth-order valence-electron chi connectivity index (χ4n) is 17.0. The topological polar surface area (TPSA) is 675 Å². The molecule has 0 spiro atoms. The average molecular weight is 1880 g/mol. The summed E-state index contributed by atoms with van der Waals surface area (Å²) < 4.78 is 0. The third kappa shape index (κ3) is 31.0. The first-order chi connectivity index (χ1) is 65.2. The van der Waals surface area contributed by atoms with E-state index in [-0.39, 0.29) is 146 Å². The quantitative estimate of drug-likeness (QED) is 0.0146. The number of rotatable bonds is 57. The zero-order valence-corrected chi connectivity index (χ0v) is 78.7. The van der Waals surface area contributed by atoms with Crippen LogP contribution in [0.3, 0.4) is 0 Å². The Balaban J connectivity index is 1.01. The number of nitrogens with zero attached hydrogens (tertiary/aromatic N) is 1. The highest BCUT2D eigenvalue weighted by Gasteiger charge is 2.43. The number of H-pyrrole nitrogens is 4. The molecule has 0 aliphatic carbocycles. The molecule has 40 heteroatoms. The first-order valence-corrected chi connectivity index (χ1v) is 47.4. The van der Waals surface area contributed by atoms with Crippen molar-refractivity contribution in [1.29, 1.82) is 10.8 Å². The van der Waals surface area contributed by atoms with Crippen LogP contribution >= 0.6 is 0 Å². The predicted octanol–water partition coefficient (Wildman–Crippen LogP) is 1.68. The van der Waals surface area contributed by atoms with Gasteiger partial charge in [-0.1, -0.05) is 121 Å². The largest absolute Gasteiger partial charge is 0.370 e. The summed E-state index contributed by atoms with van der Waals surface area (Å²) in [6, 6.07) is 12.0. The number of carbonyl (C=O) groups is 13. The van der Waals surface area contributed by atoms with Crippen LogP contribution in [0.25, 0.3) is 43.6 Å². The zero-order chi connectivity index (χ0) is 98.7. The van der Waals surface area contributed by atoms with Gasteiger partial charge in [-0.15, -0.1) is 0 Å². The molecule has 13 amide bonds. The van der Waals surface area contributed by atoms with Crippen molar-refractivity contribution in [3.63, 3.8) is 0 Å². The van der Waals surface area contributed by atoms with Crippen molar-refractivity contribution >= 4 is 132 Å². The van der Waals surface area contributed by atoms with E-state index in [4.69, 9.17) is 51.0 Å². The molecule has 1 aliphatic heterocycles. The summed E-state index contributed by atoms with van der Waals surface area (Å²) in [6.45, 7) is 11.9. The molecule has 738 valence electrons. The highest BCUT2D eigenvalue weighted by atomic mass is 16.2. The van der Waals surface area contributed by atoms with Crippen LogP contribution in [0.5, 0.6) is 0 Å². The zero-order valence-electron chi connectivity index (χ0n) is 78.7. The Morgan fingerprint density at radius 2 is 0.706 bits per heavy atom. The normalized spacial score (nSPS) is 15.5. The van der Waals surface area contributed by atoms with Crippen molar-refractivity contribution in [3.05, 3.63) is 144 Å². The minimum atomic E-state index is -1.53. The molecule has 0 radical (unpaired) electrons. The SMILES string of the molecule is CC[C@H](C)[C@H](N)C(=O)N[C@@H](CC(C)C)C(=O)N[C@@H](CCCCN)C(=O)N[C@@H](CCCCN)C(=O)N[C@@H](Cc1c[nH]c2ccccc12)C(=O)N[C@H](C(=O)N[C@@H](Cc1c[nH]c2ccccc12)C(=O)N[C@@H](Cc1c[nH]c2ccccc12)C(=O)N1CCC[C@H]1C(=O)N[C@@H](Cc1c[nH]c2ccccc12)C(=O)N[C@@H](CCCNC(=N)N)C(=O)N[C@@H](CCCNC(=N)N)C(=O)N[C@@H](CCCCN)C(N)=O)C(C)C. The van der Waals surface area contributed by atoms with Gasteiger partial charge >= 0.3 is 0 Å². The summed E-state index contributed by atoms with van der Waals surface area (Å²) >= 11 is 0. The molecule has 5 heterocycles. The molecule has 40 nitrogen and oxygen atoms in total. The Morgan fingerprint density at radius 1 is 0.390 bits per heavy atom. The number of hydrogen-bond acceptors (Lipinski definition) is 19. The highest BCUT2D eigenvalue weighted by molar-refractivity contribution is 6.02. The van der Waals surface area contributed by atoms with Crippen LogP contribution in [-0.4, -0.2) is 231 Å². The second-order valence-corrected chi connectivity index (χ2v) is 36.0. The molecule has 9 rings (SSSR count). The predicted molar refractivity (Wildman–Crippen MR) is 522 cm³/mol. The van der Waals surface area contributed by atoms with Gasteiger partial charge in [0.05, 0.1) is 6.04 Å². The summed E-state index contributed by atoms with van der Waals surface area (Å²) in [6.07, 6.45) is 10.3. The fourth-order valence-corrected chi connectivity index (χ4v) is 17.0. The van der Waals surface area contributed by atoms with E-state index in [2.05, 4.69) is 89.1 Å². The number of aromatic nitrogens is 4. The summed E-state index contributed by atoms with van der Waals surface area (Å²) in [5.74, 6) is -11.7. The van der Waals surface area contributed by atoms with Gasteiger partial charge in [0, 0.05) is 114 Å². The second-order valence-electron chi connectivity index (χ2n) is 36.0. The van der Waals surface area contributed by atoms with E-state index in [0.29, 0.717) is 106 Å². The number of fused-ring (bicyclic) bond motifs is 4. The van der Waals surface area contributed by atoms with Gasteiger partial charge in [0.1, 0.15) is 72.5 Å². The summed E-state index contributed by atoms with van der Waals surface area (Å²) in [4.78, 5) is 209. The van der Waals surface area contributed by atoms with E-state index in [0.717, 1.165) is 10.9 Å². The molecule has 1 aliphatic rings. The van der Waals surface area contributed by atoms with E-state index in [9.17, 15) is 28.8 Å². The molecule has 1 saturated heterocycles. The van der Waals surface area contributed by atoms with Gasteiger partial charge < -0.3 is 134 Å². The summed E-state index contributed by atoms with van der Waals surface area (Å²) in [7, 11) is 0. The van der Waals surface area contributed by atoms with Crippen molar-refractivity contribution in [2.75, 3.05) is 39.3 Å². The lowest BCUT2D eigenvalue weighted by atomic mass is 9.97. The smallest absolute Gasteiger partial charge is 0.246 e. The Bertz CT molecular complexity index is 5390. The summed E-state index contributed by atoms with van der Waals surface area (Å²) in [5.41, 5.74) is 46.1. The first-order valence-electron chi connectivity index (χ1n) is 47.4. The molecule has 0 saturated carbocycles. The lowest BCUT2D eigenvalue weighted by molar-refractivity contribution is -0.142. The Morgan fingerprint density at radius 3 is 1.07 bits per heavy atom. The minimum absolute atomic E-state index is 0.00969.